The molecule has 172 valence electrons. The minimum absolute atomic E-state index is 0.0351. The van der Waals surface area contributed by atoms with Gasteiger partial charge in [0.15, 0.2) is 6.61 Å². The van der Waals surface area contributed by atoms with E-state index in [9.17, 15) is 28.1 Å². The zero-order valence-electron chi connectivity index (χ0n) is 17.6. The van der Waals surface area contributed by atoms with Crippen molar-refractivity contribution in [2.75, 3.05) is 18.1 Å². The van der Waals surface area contributed by atoms with Crippen LogP contribution in [-0.2, 0) is 30.8 Å². The van der Waals surface area contributed by atoms with Crippen LogP contribution in [0.3, 0.4) is 0 Å². The fourth-order valence-electron chi connectivity index (χ4n) is 3.76. The van der Waals surface area contributed by atoms with Gasteiger partial charge < -0.3 is 9.64 Å². The molecule has 1 amide bonds. The lowest BCUT2D eigenvalue weighted by Gasteiger charge is -2.29. The van der Waals surface area contributed by atoms with Crippen molar-refractivity contribution in [3.8, 4) is 0 Å². The highest BCUT2D eigenvalue weighted by atomic mass is 32.2. The van der Waals surface area contributed by atoms with E-state index >= 15 is 0 Å². The number of nitrogens with zero attached hydrogens (tertiary/aromatic N) is 3. The lowest BCUT2D eigenvalue weighted by atomic mass is 10.0. The van der Waals surface area contributed by atoms with E-state index in [-0.39, 0.29) is 16.4 Å². The number of anilines is 1. The molecule has 2 aliphatic heterocycles. The zero-order chi connectivity index (χ0) is 23.8. The molecule has 33 heavy (non-hydrogen) atoms. The Morgan fingerprint density at radius 2 is 2.03 bits per heavy atom. The Balaban J connectivity index is 1.42. The number of fused-ring (bicyclic) bond motifs is 2. The first-order chi connectivity index (χ1) is 15.7. The van der Waals surface area contributed by atoms with E-state index in [4.69, 9.17) is 4.74 Å². The lowest BCUT2D eigenvalue weighted by molar-refractivity contribution is -0.384. The van der Waals surface area contributed by atoms with Gasteiger partial charge in [-0.05, 0) is 43.5 Å². The van der Waals surface area contributed by atoms with Gasteiger partial charge in [0.25, 0.3) is 21.6 Å². The summed E-state index contributed by atoms with van der Waals surface area (Å²) in [6, 6.07) is 9.49. The minimum Gasteiger partial charge on any atom is -0.454 e. The number of non-ortho nitro benzene ring substituents is 1. The summed E-state index contributed by atoms with van der Waals surface area (Å²) in [5.74, 6) is -1.22. The lowest BCUT2D eigenvalue weighted by Crippen LogP contribution is -2.39. The van der Waals surface area contributed by atoms with Crippen LogP contribution in [0.25, 0.3) is 0 Å². The highest BCUT2D eigenvalue weighted by Gasteiger charge is 2.32. The third kappa shape index (κ3) is 4.42. The number of ether oxygens (including phenoxy) is 1. The summed E-state index contributed by atoms with van der Waals surface area (Å²) < 4.78 is 31.8. The second kappa shape index (κ2) is 8.62. The highest BCUT2D eigenvalue weighted by Crippen LogP contribution is 2.30. The number of aliphatic imine (C=N–C) groups is 1. The molecule has 11 nitrogen and oxygen atoms in total. The Bertz CT molecular complexity index is 1290. The quantitative estimate of drug-likeness (QED) is 0.394. The maximum absolute atomic E-state index is 12.7. The molecule has 0 bridgehead atoms. The fraction of sp³-hybridized carbons (Fsp3) is 0.286. The summed E-state index contributed by atoms with van der Waals surface area (Å²) in [7, 11) is -3.74. The summed E-state index contributed by atoms with van der Waals surface area (Å²) in [6.07, 6.45) is 1.23. The monoisotopic (exact) mass is 472 g/mol. The van der Waals surface area contributed by atoms with Gasteiger partial charge in [-0.15, -0.1) is 0 Å². The molecule has 0 aliphatic carbocycles. The number of hydrogen-bond donors (Lipinski definition) is 1. The molecule has 0 unspecified atom stereocenters. The van der Waals surface area contributed by atoms with Crippen molar-refractivity contribution in [3.05, 3.63) is 63.7 Å². The number of sulfonamides is 1. The van der Waals surface area contributed by atoms with Crippen LogP contribution >= 0.6 is 0 Å². The number of nitro benzene ring substituents is 1. The molecule has 2 aromatic rings. The zero-order valence-corrected chi connectivity index (χ0v) is 18.4. The molecule has 12 heteroatoms. The van der Waals surface area contributed by atoms with E-state index in [0.29, 0.717) is 36.2 Å². The van der Waals surface area contributed by atoms with Gasteiger partial charge in [0.05, 0.1) is 9.82 Å². The van der Waals surface area contributed by atoms with Crippen molar-refractivity contribution >= 4 is 39.1 Å². The molecule has 0 radical (unpaired) electrons. The fourth-order valence-corrected chi connectivity index (χ4v) is 5.00. The number of rotatable bonds is 5. The number of benzene rings is 2. The molecule has 0 fully saturated rings. The number of amides is 1. The summed E-state index contributed by atoms with van der Waals surface area (Å²) in [6.45, 7) is 1.30. The summed E-state index contributed by atoms with van der Waals surface area (Å²) in [5, 5.41) is 11.0. The summed E-state index contributed by atoms with van der Waals surface area (Å²) in [4.78, 5) is 41.2. The van der Waals surface area contributed by atoms with E-state index in [0.717, 1.165) is 0 Å². The van der Waals surface area contributed by atoms with Crippen LogP contribution in [0.1, 0.15) is 24.5 Å². The van der Waals surface area contributed by atoms with Crippen LogP contribution in [0.5, 0.6) is 0 Å². The number of carbonyl (C=O) groups excluding carboxylic acids is 2. The number of nitro groups is 1. The second-order valence-electron chi connectivity index (χ2n) is 7.58. The molecule has 0 aromatic heterocycles. The molecule has 2 aliphatic rings. The van der Waals surface area contributed by atoms with E-state index in [1.165, 1.54) is 36.1 Å². The van der Waals surface area contributed by atoms with Crippen molar-refractivity contribution in [2.45, 2.75) is 30.7 Å². The first-order valence-corrected chi connectivity index (χ1v) is 11.6. The number of nitrogens with one attached hydrogen (secondary N) is 1. The van der Waals surface area contributed by atoms with Crippen molar-refractivity contribution in [3.63, 3.8) is 0 Å². The van der Waals surface area contributed by atoms with Gasteiger partial charge in [-0.1, -0.05) is 12.1 Å². The van der Waals surface area contributed by atoms with Crippen LogP contribution in [0.15, 0.2) is 52.4 Å². The van der Waals surface area contributed by atoms with Gasteiger partial charge in [-0.25, -0.2) is 13.2 Å². The number of carbonyl (C=O) groups is 2. The molecular weight excluding hydrogens is 452 g/mol. The average molecular weight is 472 g/mol. The standard InChI is InChI=1S/C21H20N4O7S/c1-13(22-20-16-6-2-3-7-18(16)33(30,31)23-20)21(27)32-12-19(26)24-10-4-5-14-11-15(25(28)29)8-9-17(14)24/h2-3,6-9,11,13H,4-5,10,12H2,1H3,(H,22,23)/t13-/m0/s1. The third-order valence-corrected chi connectivity index (χ3v) is 6.76. The Hall–Kier alpha value is -3.80. The first-order valence-electron chi connectivity index (χ1n) is 10.1. The highest BCUT2D eigenvalue weighted by molar-refractivity contribution is 7.90. The smallest absolute Gasteiger partial charge is 0.331 e. The maximum atomic E-state index is 12.7. The predicted molar refractivity (Wildman–Crippen MR) is 117 cm³/mol. The van der Waals surface area contributed by atoms with Crippen LogP contribution in [0.4, 0.5) is 11.4 Å². The molecule has 1 atom stereocenters. The third-order valence-electron chi connectivity index (χ3n) is 5.36. The van der Waals surface area contributed by atoms with E-state index in [2.05, 4.69) is 9.71 Å². The Labute approximate surface area is 189 Å². The molecule has 0 saturated carbocycles. The maximum Gasteiger partial charge on any atom is 0.331 e. The molecular formula is C21H20N4O7S. The topological polar surface area (TPSA) is 148 Å². The molecule has 2 heterocycles. The molecule has 0 spiro atoms. The summed E-state index contributed by atoms with van der Waals surface area (Å²) >= 11 is 0. The van der Waals surface area contributed by atoms with E-state index in [1.54, 1.807) is 18.2 Å². The van der Waals surface area contributed by atoms with Crippen molar-refractivity contribution in [1.29, 1.82) is 0 Å². The van der Waals surface area contributed by atoms with Gasteiger partial charge in [0.1, 0.15) is 11.9 Å². The molecule has 0 saturated heterocycles. The van der Waals surface area contributed by atoms with Gasteiger partial charge in [-0.2, -0.15) is 0 Å². The molecule has 2 aromatic carbocycles. The van der Waals surface area contributed by atoms with Crippen molar-refractivity contribution < 1.29 is 27.7 Å². The van der Waals surface area contributed by atoms with Gasteiger partial charge in [0, 0.05) is 29.9 Å². The Morgan fingerprint density at radius 3 is 2.79 bits per heavy atom. The minimum atomic E-state index is -3.74. The molecule has 1 N–H and O–H groups in total. The van der Waals surface area contributed by atoms with Gasteiger partial charge in [-0.3, -0.25) is 24.6 Å². The number of aryl methyl sites for hydroxylation is 1. The average Bonchev–Trinajstić information content (AvgIpc) is 3.06. The van der Waals surface area contributed by atoms with Crippen LogP contribution in [0.2, 0.25) is 0 Å². The Morgan fingerprint density at radius 1 is 1.27 bits per heavy atom. The van der Waals surface area contributed by atoms with Crippen molar-refractivity contribution in [2.24, 2.45) is 4.99 Å². The normalized spacial score (nSPS) is 18.1. The van der Waals surface area contributed by atoms with Crippen molar-refractivity contribution in [1.82, 2.24) is 4.72 Å². The first kappa shape index (κ1) is 22.4. The summed E-state index contributed by atoms with van der Waals surface area (Å²) in [5.41, 5.74) is 1.54. The largest absolute Gasteiger partial charge is 0.454 e. The van der Waals surface area contributed by atoms with E-state index < -0.39 is 39.5 Å². The van der Waals surface area contributed by atoms with E-state index in [1.807, 2.05) is 0 Å². The number of esters is 1. The number of hydrogen-bond acceptors (Lipinski definition) is 8. The van der Waals surface area contributed by atoms with Crippen LogP contribution in [0, 0.1) is 10.1 Å². The number of amidine groups is 1. The van der Waals surface area contributed by atoms with Gasteiger partial charge >= 0.3 is 5.97 Å². The Kier molecular flexibility index (Phi) is 5.85. The van der Waals surface area contributed by atoms with Crippen LogP contribution < -0.4 is 9.62 Å². The second-order valence-corrected chi connectivity index (χ2v) is 9.23. The predicted octanol–water partition coefficient (Wildman–Crippen LogP) is 1.54. The van der Waals surface area contributed by atoms with Gasteiger partial charge in [0.2, 0.25) is 0 Å². The molecule has 4 rings (SSSR count). The van der Waals surface area contributed by atoms with Crippen LogP contribution in [-0.4, -0.2) is 50.2 Å². The SMILES string of the molecule is C[C@H](N=C1NS(=O)(=O)c2ccccc21)C(=O)OCC(=O)N1CCCc2cc([N+](=O)[O-])ccc21.